The van der Waals surface area contributed by atoms with Gasteiger partial charge in [-0.2, -0.15) is 10.1 Å². The molecule has 1 atom stereocenters. The van der Waals surface area contributed by atoms with Gasteiger partial charge in [-0.3, -0.25) is 0 Å². The molecule has 1 aliphatic heterocycles. The molecule has 4 rings (SSSR count). The van der Waals surface area contributed by atoms with E-state index in [1.807, 2.05) is 32.6 Å². The van der Waals surface area contributed by atoms with E-state index in [1.165, 1.54) is 6.26 Å². The second-order valence-electron chi connectivity index (χ2n) is 9.80. The second kappa shape index (κ2) is 7.94. The Morgan fingerprint density at radius 2 is 1.97 bits per heavy atom. The highest BCUT2D eigenvalue weighted by atomic mass is 32.2. The van der Waals surface area contributed by atoms with Gasteiger partial charge in [-0.1, -0.05) is 20.8 Å². The van der Waals surface area contributed by atoms with Crippen molar-refractivity contribution in [3.63, 3.8) is 0 Å². The smallest absolute Gasteiger partial charge is 0.434 e. The van der Waals surface area contributed by atoms with Crippen LogP contribution < -0.4 is 10.2 Å². The number of nitrogens with one attached hydrogen (secondary N) is 1. The van der Waals surface area contributed by atoms with Crippen LogP contribution in [0.15, 0.2) is 12.1 Å². The summed E-state index contributed by atoms with van der Waals surface area (Å²) in [6, 6.07) is 3.42. The molecule has 2 aromatic rings. The van der Waals surface area contributed by atoms with Gasteiger partial charge in [0.2, 0.25) is 5.95 Å². The molecule has 0 amide bonds. The molecule has 0 radical (unpaired) electrons. The first-order valence-electron chi connectivity index (χ1n) is 10.9. The van der Waals surface area contributed by atoms with Crippen LogP contribution in [0.3, 0.4) is 0 Å². The number of ether oxygens (including phenoxy) is 1. The summed E-state index contributed by atoms with van der Waals surface area (Å²) in [7, 11) is -3.40. The Balaban J connectivity index is 1.80. The van der Waals surface area contributed by atoms with Crippen molar-refractivity contribution in [1.82, 2.24) is 19.7 Å². The largest absolute Gasteiger partial charge is 0.463 e. The molecule has 0 spiro atoms. The second-order valence-corrected chi connectivity index (χ2v) is 12.1. The molecule has 1 aliphatic carbocycles. The molecule has 33 heavy (non-hydrogen) atoms. The Labute approximate surface area is 193 Å². The molecule has 2 aromatic heterocycles. The fourth-order valence-electron chi connectivity index (χ4n) is 3.97. The van der Waals surface area contributed by atoms with Crippen molar-refractivity contribution in [3.8, 4) is 0 Å². The molecule has 1 saturated carbocycles. The molecule has 1 saturated heterocycles. The summed E-state index contributed by atoms with van der Waals surface area (Å²) in [6.45, 7) is 9.47. The SMILES string of the molecule is C[C@@H]1COCCN1c1cc(C2(S(C)(=O)=O)CC2)nc(Nc2cc(C(C)(C)C)nn2C(=O)O)n1. The highest BCUT2D eigenvalue weighted by Crippen LogP contribution is 2.52. The van der Waals surface area contributed by atoms with Gasteiger partial charge in [0.25, 0.3) is 0 Å². The van der Waals surface area contributed by atoms with Gasteiger partial charge in [0, 0.05) is 30.3 Å². The number of carboxylic acid groups (broad SMARTS) is 1. The molecule has 2 aliphatic rings. The molecule has 11 nitrogen and oxygen atoms in total. The van der Waals surface area contributed by atoms with Crippen LogP contribution in [0.4, 0.5) is 22.4 Å². The summed E-state index contributed by atoms with van der Waals surface area (Å²) in [5.41, 5.74) is 0.622. The summed E-state index contributed by atoms with van der Waals surface area (Å²) >= 11 is 0. The maximum Gasteiger partial charge on any atom is 0.434 e. The predicted octanol–water partition coefficient (Wildman–Crippen LogP) is 2.50. The van der Waals surface area contributed by atoms with Crippen molar-refractivity contribution in [2.24, 2.45) is 0 Å². The third-order valence-corrected chi connectivity index (χ3v) is 8.19. The Bertz CT molecular complexity index is 1180. The van der Waals surface area contributed by atoms with Gasteiger partial charge in [-0.15, -0.1) is 4.68 Å². The number of nitrogens with zero attached hydrogens (tertiary/aromatic N) is 5. The number of anilines is 3. The first kappa shape index (κ1) is 23.4. The topological polar surface area (TPSA) is 140 Å². The van der Waals surface area contributed by atoms with Crippen LogP contribution >= 0.6 is 0 Å². The number of sulfone groups is 1. The van der Waals surface area contributed by atoms with E-state index in [4.69, 9.17) is 4.74 Å². The zero-order valence-corrected chi connectivity index (χ0v) is 20.3. The molecular weight excluding hydrogens is 448 g/mol. The molecule has 0 unspecified atom stereocenters. The Morgan fingerprint density at radius 3 is 2.52 bits per heavy atom. The minimum Gasteiger partial charge on any atom is -0.463 e. The molecule has 0 aromatic carbocycles. The third kappa shape index (κ3) is 4.41. The van der Waals surface area contributed by atoms with Gasteiger partial charge >= 0.3 is 6.09 Å². The Morgan fingerprint density at radius 1 is 1.27 bits per heavy atom. The highest BCUT2D eigenvalue weighted by molar-refractivity contribution is 7.91. The minimum absolute atomic E-state index is 0.0415. The van der Waals surface area contributed by atoms with E-state index in [1.54, 1.807) is 12.1 Å². The number of hydrogen-bond acceptors (Lipinski definition) is 9. The molecule has 0 bridgehead atoms. The molecule has 2 fully saturated rings. The van der Waals surface area contributed by atoms with Gasteiger partial charge in [-0.25, -0.2) is 18.2 Å². The van der Waals surface area contributed by atoms with Gasteiger partial charge in [0.15, 0.2) is 9.84 Å². The van der Waals surface area contributed by atoms with Crippen LogP contribution in [0.5, 0.6) is 0 Å². The quantitative estimate of drug-likeness (QED) is 0.659. The van der Waals surface area contributed by atoms with Gasteiger partial charge in [-0.05, 0) is 19.8 Å². The predicted molar refractivity (Wildman–Crippen MR) is 123 cm³/mol. The summed E-state index contributed by atoms with van der Waals surface area (Å²) < 4.78 is 30.5. The van der Waals surface area contributed by atoms with E-state index in [0.29, 0.717) is 49.8 Å². The van der Waals surface area contributed by atoms with E-state index >= 15 is 0 Å². The lowest BCUT2D eigenvalue weighted by molar-refractivity contribution is 0.0985. The van der Waals surface area contributed by atoms with Crippen molar-refractivity contribution >= 4 is 33.5 Å². The summed E-state index contributed by atoms with van der Waals surface area (Å²) in [6.07, 6.45) is 0.950. The molecule has 2 N–H and O–H groups in total. The van der Waals surface area contributed by atoms with Crippen LogP contribution in [0.1, 0.15) is 51.9 Å². The first-order valence-corrected chi connectivity index (χ1v) is 12.8. The lowest BCUT2D eigenvalue weighted by Crippen LogP contribution is -2.44. The van der Waals surface area contributed by atoms with Crippen molar-refractivity contribution < 1.29 is 23.1 Å². The zero-order chi connectivity index (χ0) is 24.2. The van der Waals surface area contributed by atoms with Gasteiger partial charge < -0.3 is 20.1 Å². The Hall–Kier alpha value is -2.73. The highest BCUT2D eigenvalue weighted by Gasteiger charge is 2.55. The van der Waals surface area contributed by atoms with Crippen LogP contribution in [0.25, 0.3) is 0 Å². The van der Waals surface area contributed by atoms with Crippen LogP contribution in [0, 0.1) is 0 Å². The number of carbonyl (C=O) groups is 1. The lowest BCUT2D eigenvalue weighted by atomic mass is 9.92. The summed E-state index contributed by atoms with van der Waals surface area (Å²) in [4.78, 5) is 23.0. The van der Waals surface area contributed by atoms with Crippen molar-refractivity contribution in [3.05, 3.63) is 23.5 Å². The standard InChI is InChI=1S/C21H30N6O5S/c1-13-12-32-9-8-26(13)16-11-15(21(6-7-21)33(5,30)31)22-18(23-16)24-17-10-14(20(2,3)4)25-27(17)19(28)29/h10-11,13H,6-9,12H2,1-5H3,(H,28,29)(H,22,23,24)/t13-/m1/s1. The minimum atomic E-state index is -3.40. The number of aromatic nitrogens is 4. The first-order chi connectivity index (χ1) is 15.3. The average Bonchev–Trinajstić information content (AvgIpc) is 3.42. The molecule has 3 heterocycles. The van der Waals surface area contributed by atoms with Gasteiger partial charge in [0.1, 0.15) is 16.4 Å². The summed E-state index contributed by atoms with van der Waals surface area (Å²) in [5, 5.41) is 16.8. The van der Waals surface area contributed by atoms with E-state index < -0.39 is 20.7 Å². The van der Waals surface area contributed by atoms with Crippen molar-refractivity contribution in [2.45, 2.75) is 56.7 Å². The maximum absolute atomic E-state index is 12.6. The normalized spacial score (nSPS) is 20.5. The van der Waals surface area contributed by atoms with Crippen molar-refractivity contribution in [2.75, 3.05) is 36.2 Å². The average molecular weight is 479 g/mol. The summed E-state index contributed by atoms with van der Waals surface area (Å²) in [5.74, 6) is 0.888. The lowest BCUT2D eigenvalue weighted by Gasteiger charge is -2.34. The molecule has 180 valence electrons. The van der Waals surface area contributed by atoms with E-state index in [2.05, 4.69) is 20.4 Å². The Kier molecular flexibility index (Phi) is 5.64. The zero-order valence-electron chi connectivity index (χ0n) is 19.5. The van der Waals surface area contributed by atoms with E-state index in [0.717, 1.165) is 4.68 Å². The monoisotopic (exact) mass is 478 g/mol. The van der Waals surface area contributed by atoms with E-state index in [-0.39, 0.29) is 23.2 Å². The fraction of sp³-hybridized carbons (Fsp3) is 0.619. The van der Waals surface area contributed by atoms with E-state index in [9.17, 15) is 18.3 Å². The van der Waals surface area contributed by atoms with Crippen LogP contribution in [0.2, 0.25) is 0 Å². The number of hydrogen-bond donors (Lipinski definition) is 2. The fourth-order valence-corrected chi connectivity index (χ4v) is 5.29. The van der Waals surface area contributed by atoms with Crippen LogP contribution in [-0.2, 0) is 24.7 Å². The van der Waals surface area contributed by atoms with Gasteiger partial charge in [0.05, 0.1) is 30.6 Å². The third-order valence-electron chi connectivity index (χ3n) is 6.15. The van der Waals surface area contributed by atoms with Crippen LogP contribution in [-0.4, -0.2) is 71.4 Å². The maximum atomic E-state index is 12.6. The molecule has 12 heteroatoms. The van der Waals surface area contributed by atoms with Crippen molar-refractivity contribution in [1.29, 1.82) is 0 Å². The molecular formula is C21H30N6O5S. The number of rotatable bonds is 5. The number of morpholine rings is 1.